The summed E-state index contributed by atoms with van der Waals surface area (Å²) in [4.78, 5) is 11.9. The quantitative estimate of drug-likeness (QED) is 0.335. The maximum Gasteiger partial charge on any atom is 0.337 e. The van der Waals surface area contributed by atoms with Gasteiger partial charge in [0.15, 0.2) is 6.29 Å². The number of carbonyl (C=O) groups is 1. The summed E-state index contributed by atoms with van der Waals surface area (Å²) in [6, 6.07) is 0. The van der Waals surface area contributed by atoms with Gasteiger partial charge in [0.2, 0.25) is 6.29 Å². The molecular weight excluding hydrogens is 352 g/mol. The molecule has 26 heavy (non-hydrogen) atoms. The molecule has 10 nitrogen and oxygen atoms in total. The van der Waals surface area contributed by atoms with Crippen LogP contribution in [-0.2, 0) is 23.7 Å². The lowest BCUT2D eigenvalue weighted by Crippen LogP contribution is -2.60. The molecule has 0 amide bonds. The molecule has 5 N–H and O–H groups in total. The van der Waals surface area contributed by atoms with Gasteiger partial charge in [-0.2, -0.15) is 0 Å². The number of carbonyl (C=O) groups excluding carboxylic acids is 1. The normalized spacial score (nSPS) is 45.5. The van der Waals surface area contributed by atoms with Crippen LogP contribution < -0.4 is 0 Å². The third-order valence-corrected chi connectivity index (χ3v) is 5.26. The number of hydrogen-bond donors (Lipinski definition) is 5. The highest BCUT2D eigenvalue weighted by molar-refractivity contribution is 5.89. The van der Waals surface area contributed by atoms with Crippen LogP contribution in [0.25, 0.3) is 0 Å². The van der Waals surface area contributed by atoms with E-state index in [0.29, 0.717) is 18.4 Å². The molecule has 1 saturated heterocycles. The summed E-state index contributed by atoms with van der Waals surface area (Å²) in [6.07, 6.45) is -6.86. The van der Waals surface area contributed by atoms with Crippen LogP contribution in [0.15, 0.2) is 11.8 Å². The van der Waals surface area contributed by atoms with Crippen molar-refractivity contribution < 1.29 is 49.3 Å². The second-order valence-electron chi connectivity index (χ2n) is 6.73. The molecular formula is C16H24O10. The van der Waals surface area contributed by atoms with E-state index in [1.165, 1.54) is 13.4 Å². The fourth-order valence-electron chi connectivity index (χ4n) is 3.81. The van der Waals surface area contributed by atoms with Gasteiger partial charge in [-0.3, -0.25) is 0 Å². The van der Waals surface area contributed by atoms with Crippen LogP contribution in [0.4, 0.5) is 0 Å². The Morgan fingerprint density at radius 2 is 1.88 bits per heavy atom. The monoisotopic (exact) mass is 376 g/mol. The van der Waals surface area contributed by atoms with Gasteiger partial charge in [-0.25, -0.2) is 4.79 Å². The summed E-state index contributed by atoms with van der Waals surface area (Å²) in [6.45, 7) is -0.586. The van der Waals surface area contributed by atoms with E-state index in [1.54, 1.807) is 0 Å². The summed E-state index contributed by atoms with van der Waals surface area (Å²) in [5.74, 6) is -1.50. The highest BCUT2D eigenvalue weighted by Crippen LogP contribution is 2.44. The van der Waals surface area contributed by atoms with E-state index >= 15 is 0 Å². The first kappa shape index (κ1) is 19.5. The molecule has 148 valence electrons. The van der Waals surface area contributed by atoms with Crippen molar-refractivity contribution in [2.75, 3.05) is 13.7 Å². The molecule has 3 rings (SSSR count). The molecule has 3 aliphatic rings. The third kappa shape index (κ3) is 3.33. The molecule has 0 radical (unpaired) electrons. The SMILES string of the molecule is COC(=O)C1=CO[C@@H](O[C@@H]2O[C@H](CO)[C@@H](O)[C@H](O)[C@H]2O)[C@H]2[C@@H]1CC[C@@H]2O. The van der Waals surface area contributed by atoms with Crippen LogP contribution in [0.5, 0.6) is 0 Å². The van der Waals surface area contributed by atoms with Crippen LogP contribution in [0.2, 0.25) is 0 Å². The smallest absolute Gasteiger partial charge is 0.337 e. The Balaban J connectivity index is 1.77. The van der Waals surface area contributed by atoms with Crippen LogP contribution >= 0.6 is 0 Å². The minimum atomic E-state index is -1.58. The number of ether oxygens (including phenoxy) is 4. The van der Waals surface area contributed by atoms with Crippen molar-refractivity contribution in [3.05, 3.63) is 11.8 Å². The first-order valence-corrected chi connectivity index (χ1v) is 8.47. The van der Waals surface area contributed by atoms with E-state index in [2.05, 4.69) is 0 Å². The summed E-state index contributed by atoms with van der Waals surface area (Å²) in [7, 11) is 1.25. The van der Waals surface area contributed by atoms with E-state index in [1.807, 2.05) is 0 Å². The average Bonchev–Trinajstić information content (AvgIpc) is 3.04. The minimum absolute atomic E-state index is 0.294. The van der Waals surface area contributed by atoms with Crippen molar-refractivity contribution in [3.63, 3.8) is 0 Å². The minimum Gasteiger partial charge on any atom is -0.471 e. The maximum atomic E-state index is 11.9. The first-order chi connectivity index (χ1) is 12.4. The second kappa shape index (κ2) is 7.77. The van der Waals surface area contributed by atoms with Crippen LogP contribution in [0.3, 0.4) is 0 Å². The number of fused-ring (bicyclic) bond motifs is 1. The van der Waals surface area contributed by atoms with E-state index in [4.69, 9.17) is 18.9 Å². The Bertz CT molecular complexity index is 549. The number of methoxy groups -OCH3 is 1. The Morgan fingerprint density at radius 3 is 2.54 bits per heavy atom. The molecule has 0 bridgehead atoms. The molecule has 0 aromatic heterocycles. The molecule has 1 saturated carbocycles. The fraction of sp³-hybridized carbons (Fsp3) is 0.812. The Labute approximate surface area is 149 Å². The topological polar surface area (TPSA) is 155 Å². The predicted octanol–water partition coefficient (Wildman–Crippen LogP) is -2.40. The van der Waals surface area contributed by atoms with Gasteiger partial charge in [-0.15, -0.1) is 0 Å². The summed E-state index contributed by atoms with van der Waals surface area (Å²) in [5, 5.41) is 49.3. The highest BCUT2D eigenvalue weighted by atomic mass is 16.8. The van der Waals surface area contributed by atoms with E-state index < -0.39 is 61.6 Å². The number of aliphatic hydroxyl groups is 5. The summed E-state index contributed by atoms with van der Waals surface area (Å²) >= 11 is 0. The molecule has 0 unspecified atom stereocenters. The highest BCUT2D eigenvalue weighted by Gasteiger charge is 2.51. The van der Waals surface area contributed by atoms with Crippen molar-refractivity contribution in [3.8, 4) is 0 Å². The Kier molecular flexibility index (Phi) is 5.82. The maximum absolute atomic E-state index is 11.9. The largest absolute Gasteiger partial charge is 0.471 e. The van der Waals surface area contributed by atoms with E-state index in [0.717, 1.165) is 0 Å². The van der Waals surface area contributed by atoms with Gasteiger partial charge in [-0.05, 0) is 12.8 Å². The van der Waals surface area contributed by atoms with Gasteiger partial charge in [-0.1, -0.05) is 0 Å². The van der Waals surface area contributed by atoms with Gasteiger partial charge >= 0.3 is 5.97 Å². The van der Waals surface area contributed by atoms with Crippen molar-refractivity contribution in [1.29, 1.82) is 0 Å². The van der Waals surface area contributed by atoms with E-state index in [9.17, 15) is 30.3 Å². The van der Waals surface area contributed by atoms with Gasteiger partial charge in [0.05, 0.1) is 37.6 Å². The van der Waals surface area contributed by atoms with Gasteiger partial charge in [0.25, 0.3) is 0 Å². The second-order valence-corrected chi connectivity index (χ2v) is 6.73. The van der Waals surface area contributed by atoms with Gasteiger partial charge < -0.3 is 44.5 Å². The molecule has 0 aromatic rings. The number of esters is 1. The molecule has 2 heterocycles. The lowest BCUT2D eigenvalue weighted by atomic mass is 9.86. The number of hydrogen-bond acceptors (Lipinski definition) is 10. The molecule has 0 spiro atoms. The van der Waals surface area contributed by atoms with Gasteiger partial charge in [0.1, 0.15) is 24.4 Å². The predicted molar refractivity (Wildman–Crippen MR) is 82.0 cm³/mol. The lowest BCUT2D eigenvalue weighted by molar-refractivity contribution is -0.343. The Morgan fingerprint density at radius 1 is 1.15 bits per heavy atom. The number of aliphatic hydroxyl groups excluding tert-OH is 5. The zero-order valence-electron chi connectivity index (χ0n) is 14.2. The fourth-order valence-corrected chi connectivity index (χ4v) is 3.81. The standard InChI is InChI=1S/C16H24O10/c1-23-14(22)7-5-24-15(10-6(7)2-3-8(10)18)26-16-13(21)12(20)11(19)9(4-17)25-16/h5-6,8-13,15-21H,2-4H2,1H3/t6-,8+,9-,10+,11-,12+,13-,15+,16+/m1/s1. The average molecular weight is 376 g/mol. The summed E-state index contributed by atoms with van der Waals surface area (Å²) in [5.41, 5.74) is 0.294. The zero-order chi connectivity index (χ0) is 19.0. The first-order valence-electron chi connectivity index (χ1n) is 8.47. The molecule has 2 aliphatic heterocycles. The molecule has 10 heteroatoms. The molecule has 9 atom stereocenters. The van der Waals surface area contributed by atoms with Gasteiger partial charge in [0, 0.05) is 5.92 Å². The van der Waals surface area contributed by atoms with Crippen molar-refractivity contribution >= 4 is 5.97 Å². The van der Waals surface area contributed by atoms with Crippen LogP contribution in [0.1, 0.15) is 12.8 Å². The zero-order valence-corrected chi connectivity index (χ0v) is 14.2. The Hall–Kier alpha value is -1.27. The molecule has 2 fully saturated rings. The van der Waals surface area contributed by atoms with Crippen molar-refractivity contribution in [2.45, 2.75) is 55.9 Å². The van der Waals surface area contributed by atoms with Crippen molar-refractivity contribution in [2.24, 2.45) is 11.8 Å². The van der Waals surface area contributed by atoms with Crippen LogP contribution in [0, 0.1) is 11.8 Å². The molecule has 1 aliphatic carbocycles. The third-order valence-electron chi connectivity index (χ3n) is 5.26. The molecule has 0 aromatic carbocycles. The summed E-state index contributed by atoms with van der Waals surface area (Å²) < 4.78 is 21.1. The van der Waals surface area contributed by atoms with Crippen molar-refractivity contribution in [1.82, 2.24) is 0 Å². The van der Waals surface area contributed by atoms with E-state index in [-0.39, 0.29) is 5.92 Å². The number of rotatable bonds is 4. The van der Waals surface area contributed by atoms with Crippen LogP contribution in [-0.4, -0.2) is 88.3 Å². The lowest BCUT2D eigenvalue weighted by Gasteiger charge is -2.42.